The molecule has 0 saturated carbocycles. The third kappa shape index (κ3) is 4.60. The largest absolute Gasteiger partial charge is 0.486 e. The molecule has 1 N–H and O–H groups in total. The molecule has 2 fully saturated rings. The van der Waals surface area contributed by atoms with Gasteiger partial charge in [-0.05, 0) is 42.4 Å². The van der Waals surface area contributed by atoms with Gasteiger partial charge in [0.05, 0.1) is 18.6 Å². The number of aliphatic hydroxyl groups is 1. The summed E-state index contributed by atoms with van der Waals surface area (Å²) >= 11 is 0. The first-order valence-corrected chi connectivity index (χ1v) is 12.2. The normalized spacial score (nSPS) is 20.8. The highest BCUT2D eigenvalue weighted by Crippen LogP contribution is 2.40. The minimum absolute atomic E-state index is 0.0349. The molecule has 180 valence electrons. The fourth-order valence-electron chi connectivity index (χ4n) is 5.28. The number of hydrogen-bond acceptors (Lipinski definition) is 6. The SMILES string of the molecule is CN1CCC2(CC1)CC(=O)c1cc(-c3ccc(C(=O)N4CCN(CCO)CC4)cc3)ccc1O2. The fourth-order valence-corrected chi connectivity index (χ4v) is 5.28. The highest BCUT2D eigenvalue weighted by atomic mass is 16.5. The lowest BCUT2D eigenvalue weighted by Crippen LogP contribution is -2.50. The maximum Gasteiger partial charge on any atom is 0.253 e. The number of fused-ring (bicyclic) bond motifs is 1. The van der Waals surface area contributed by atoms with E-state index in [0.717, 1.165) is 50.1 Å². The molecule has 7 heteroatoms. The Labute approximate surface area is 200 Å². The molecule has 7 nitrogen and oxygen atoms in total. The van der Waals surface area contributed by atoms with Crippen LogP contribution in [0.25, 0.3) is 11.1 Å². The number of carbonyl (C=O) groups is 2. The average molecular weight is 464 g/mol. The summed E-state index contributed by atoms with van der Waals surface area (Å²) < 4.78 is 6.40. The molecule has 5 rings (SSSR count). The summed E-state index contributed by atoms with van der Waals surface area (Å²) in [5.74, 6) is 0.879. The summed E-state index contributed by atoms with van der Waals surface area (Å²) in [6.45, 7) is 5.61. The number of piperidine rings is 1. The maximum atomic E-state index is 13.0. The number of β-amino-alcohol motifs (C(OH)–C–C–N with tert-alkyl or cyclic N) is 1. The Morgan fingerprint density at radius 1 is 0.971 bits per heavy atom. The molecule has 1 amide bonds. The van der Waals surface area contributed by atoms with E-state index >= 15 is 0 Å². The molecule has 0 radical (unpaired) electrons. The molecule has 3 heterocycles. The lowest BCUT2D eigenvalue weighted by atomic mass is 9.82. The lowest BCUT2D eigenvalue weighted by molar-refractivity contribution is -0.00366. The number of piperazine rings is 1. The van der Waals surface area contributed by atoms with Gasteiger partial charge in [-0.3, -0.25) is 14.5 Å². The standard InChI is InChI=1S/C27H33N3O4/c1-28-10-8-27(9-11-28)19-24(32)23-18-22(6-7-25(23)34-27)20-2-4-21(5-3-20)26(33)30-14-12-29(13-15-30)16-17-31/h2-7,18,31H,8-17,19H2,1H3. The first-order valence-electron chi connectivity index (χ1n) is 12.2. The van der Waals surface area contributed by atoms with Gasteiger partial charge < -0.3 is 19.6 Å². The molecule has 0 unspecified atom stereocenters. The van der Waals surface area contributed by atoms with Crippen molar-refractivity contribution in [2.45, 2.75) is 24.9 Å². The van der Waals surface area contributed by atoms with Gasteiger partial charge >= 0.3 is 0 Å². The summed E-state index contributed by atoms with van der Waals surface area (Å²) in [6.07, 6.45) is 2.20. The molecular weight excluding hydrogens is 430 g/mol. The van der Waals surface area contributed by atoms with E-state index < -0.39 is 0 Å². The van der Waals surface area contributed by atoms with Crippen LogP contribution in [0.1, 0.15) is 40.0 Å². The number of ketones is 1. The highest BCUT2D eigenvalue weighted by molar-refractivity contribution is 6.01. The van der Waals surface area contributed by atoms with Crippen LogP contribution in [0.3, 0.4) is 0 Å². The van der Waals surface area contributed by atoms with E-state index in [-0.39, 0.29) is 23.9 Å². The van der Waals surface area contributed by atoms with E-state index in [2.05, 4.69) is 16.8 Å². The predicted molar refractivity (Wildman–Crippen MR) is 130 cm³/mol. The van der Waals surface area contributed by atoms with Crippen LogP contribution < -0.4 is 4.74 Å². The van der Waals surface area contributed by atoms with E-state index in [4.69, 9.17) is 9.84 Å². The van der Waals surface area contributed by atoms with Crippen LogP contribution in [0.4, 0.5) is 0 Å². The van der Waals surface area contributed by atoms with Crippen molar-refractivity contribution in [3.8, 4) is 16.9 Å². The third-order valence-corrected chi connectivity index (χ3v) is 7.53. The molecule has 0 aliphatic carbocycles. The molecule has 3 aliphatic rings. The molecule has 3 aliphatic heterocycles. The molecule has 0 atom stereocenters. The Morgan fingerprint density at radius 3 is 2.32 bits per heavy atom. The molecule has 2 aromatic carbocycles. The molecule has 2 aromatic rings. The minimum atomic E-state index is -0.357. The van der Waals surface area contributed by atoms with Crippen molar-refractivity contribution in [1.82, 2.24) is 14.7 Å². The van der Waals surface area contributed by atoms with Crippen molar-refractivity contribution < 1.29 is 19.4 Å². The van der Waals surface area contributed by atoms with Crippen molar-refractivity contribution in [2.75, 3.05) is 59.5 Å². The van der Waals surface area contributed by atoms with E-state index in [1.807, 2.05) is 47.4 Å². The van der Waals surface area contributed by atoms with Crippen molar-refractivity contribution in [3.63, 3.8) is 0 Å². The van der Waals surface area contributed by atoms with Gasteiger partial charge in [-0.25, -0.2) is 0 Å². The minimum Gasteiger partial charge on any atom is -0.486 e. The Bertz CT molecular complexity index is 1050. The van der Waals surface area contributed by atoms with Gasteiger partial charge in [0.15, 0.2) is 5.78 Å². The number of amides is 1. The van der Waals surface area contributed by atoms with Crippen molar-refractivity contribution in [2.24, 2.45) is 0 Å². The van der Waals surface area contributed by atoms with Crippen LogP contribution in [-0.2, 0) is 0 Å². The molecule has 2 saturated heterocycles. The van der Waals surface area contributed by atoms with Gasteiger partial charge in [0, 0.05) is 64.2 Å². The van der Waals surface area contributed by atoms with Gasteiger partial charge in [0.25, 0.3) is 5.91 Å². The van der Waals surface area contributed by atoms with Gasteiger partial charge in [0.1, 0.15) is 11.4 Å². The predicted octanol–water partition coefficient (Wildman–Crippen LogP) is 2.53. The van der Waals surface area contributed by atoms with Gasteiger partial charge in [-0.2, -0.15) is 0 Å². The number of likely N-dealkylation sites (tertiary alicyclic amines) is 1. The quantitative estimate of drug-likeness (QED) is 0.751. The number of carbonyl (C=O) groups excluding carboxylic acids is 2. The molecular formula is C27H33N3O4. The van der Waals surface area contributed by atoms with Crippen LogP contribution >= 0.6 is 0 Å². The summed E-state index contributed by atoms with van der Waals surface area (Å²) in [6, 6.07) is 13.5. The second-order valence-corrected chi connectivity index (χ2v) is 9.83. The van der Waals surface area contributed by atoms with Crippen LogP contribution in [0.15, 0.2) is 42.5 Å². The number of ether oxygens (including phenoxy) is 1. The van der Waals surface area contributed by atoms with Crippen LogP contribution in [0.2, 0.25) is 0 Å². The third-order valence-electron chi connectivity index (χ3n) is 7.53. The Hall–Kier alpha value is -2.74. The molecule has 34 heavy (non-hydrogen) atoms. The monoisotopic (exact) mass is 463 g/mol. The van der Waals surface area contributed by atoms with E-state index in [9.17, 15) is 9.59 Å². The number of rotatable bonds is 4. The number of benzene rings is 2. The maximum absolute atomic E-state index is 13.0. The van der Waals surface area contributed by atoms with E-state index in [1.54, 1.807) is 0 Å². The summed E-state index contributed by atoms with van der Waals surface area (Å²) in [4.78, 5) is 32.3. The molecule has 0 aromatic heterocycles. The zero-order valence-electron chi connectivity index (χ0n) is 19.8. The van der Waals surface area contributed by atoms with E-state index in [0.29, 0.717) is 42.9 Å². The number of nitrogens with zero attached hydrogens (tertiary/aromatic N) is 3. The Balaban J connectivity index is 1.28. The van der Waals surface area contributed by atoms with Crippen LogP contribution in [0.5, 0.6) is 5.75 Å². The zero-order valence-corrected chi connectivity index (χ0v) is 19.8. The number of Topliss-reactive ketones (excluding diaryl/α,β-unsaturated/α-hetero) is 1. The first-order chi connectivity index (χ1) is 16.5. The Kier molecular flexibility index (Phi) is 6.42. The number of hydrogen-bond donors (Lipinski definition) is 1. The van der Waals surface area contributed by atoms with Crippen LogP contribution in [0, 0.1) is 0 Å². The van der Waals surface area contributed by atoms with Gasteiger partial charge in [-0.15, -0.1) is 0 Å². The fraction of sp³-hybridized carbons (Fsp3) is 0.481. The lowest BCUT2D eigenvalue weighted by Gasteiger charge is -2.43. The zero-order chi connectivity index (χ0) is 23.7. The van der Waals surface area contributed by atoms with E-state index in [1.165, 1.54) is 0 Å². The molecule has 0 bridgehead atoms. The average Bonchev–Trinajstić information content (AvgIpc) is 2.86. The van der Waals surface area contributed by atoms with Gasteiger partial charge in [0.2, 0.25) is 0 Å². The summed E-state index contributed by atoms with van der Waals surface area (Å²) in [5, 5.41) is 9.09. The smallest absolute Gasteiger partial charge is 0.253 e. The highest BCUT2D eigenvalue weighted by Gasteiger charge is 2.42. The second-order valence-electron chi connectivity index (χ2n) is 9.83. The number of aliphatic hydroxyl groups excluding tert-OH is 1. The van der Waals surface area contributed by atoms with Crippen molar-refractivity contribution >= 4 is 11.7 Å². The Morgan fingerprint density at radius 2 is 1.65 bits per heavy atom. The topological polar surface area (TPSA) is 73.3 Å². The first kappa shape index (κ1) is 23.0. The second kappa shape index (κ2) is 9.49. The molecule has 1 spiro atoms. The van der Waals surface area contributed by atoms with Crippen molar-refractivity contribution in [1.29, 1.82) is 0 Å². The summed E-state index contributed by atoms with van der Waals surface area (Å²) in [7, 11) is 2.11. The van der Waals surface area contributed by atoms with Crippen LogP contribution in [-0.4, -0.2) is 96.6 Å². The van der Waals surface area contributed by atoms with Gasteiger partial charge in [-0.1, -0.05) is 18.2 Å². The summed E-state index contributed by atoms with van der Waals surface area (Å²) in [5.41, 5.74) is 2.89. The van der Waals surface area contributed by atoms with Crippen molar-refractivity contribution in [3.05, 3.63) is 53.6 Å².